The lowest BCUT2D eigenvalue weighted by Crippen LogP contribution is -2.61. The molecule has 8 rings (SSSR count). The lowest BCUT2D eigenvalue weighted by Gasteiger charge is -2.57. The minimum Gasteiger partial charge on any atom is -0.353 e. The highest BCUT2D eigenvalue weighted by Crippen LogP contribution is 2.60. The Bertz CT molecular complexity index is 2140. The van der Waals surface area contributed by atoms with Gasteiger partial charge in [-0.05, 0) is 134 Å². The van der Waals surface area contributed by atoms with Crippen molar-refractivity contribution in [2.75, 3.05) is 10.6 Å². The summed E-state index contributed by atoms with van der Waals surface area (Å²) in [6.45, 7) is 2.17. The van der Waals surface area contributed by atoms with Crippen LogP contribution >= 0.6 is 23.2 Å². The number of carbonyl (C=O) groups is 4. The highest BCUT2D eigenvalue weighted by molar-refractivity contribution is 6.31. The van der Waals surface area contributed by atoms with Crippen molar-refractivity contribution in [1.29, 1.82) is 0 Å². The molecule has 296 valence electrons. The maximum absolute atomic E-state index is 14.3. The Morgan fingerprint density at radius 3 is 1.49 bits per heavy atom. The van der Waals surface area contributed by atoms with Crippen LogP contribution < -0.4 is 21.3 Å². The van der Waals surface area contributed by atoms with Crippen molar-refractivity contribution in [2.45, 2.75) is 100 Å². The molecule has 4 N–H and O–H groups in total. The quantitative estimate of drug-likeness (QED) is 0.114. The van der Waals surface area contributed by atoms with Gasteiger partial charge in [-0.2, -0.15) is 0 Å². The maximum atomic E-state index is 14.3. The van der Waals surface area contributed by atoms with Gasteiger partial charge in [0, 0.05) is 44.6 Å². The molecule has 0 saturated heterocycles. The van der Waals surface area contributed by atoms with Gasteiger partial charge in [0.05, 0.1) is 10.8 Å². The van der Waals surface area contributed by atoms with Gasteiger partial charge in [0.15, 0.2) is 0 Å². The molecule has 4 fully saturated rings. The van der Waals surface area contributed by atoms with Crippen LogP contribution in [0.5, 0.6) is 0 Å². The molecule has 4 aliphatic rings. The molecule has 8 nitrogen and oxygen atoms in total. The second-order valence-corrected chi connectivity index (χ2v) is 17.7. The summed E-state index contributed by atoms with van der Waals surface area (Å²) in [5, 5.41) is 13.7. The number of halogens is 2. The van der Waals surface area contributed by atoms with Gasteiger partial charge < -0.3 is 21.3 Å². The van der Waals surface area contributed by atoms with Crippen molar-refractivity contribution in [1.82, 2.24) is 10.6 Å². The van der Waals surface area contributed by atoms with Gasteiger partial charge in [-0.15, -0.1) is 0 Å². The van der Waals surface area contributed by atoms with Crippen molar-refractivity contribution in [3.8, 4) is 0 Å². The van der Waals surface area contributed by atoms with Crippen molar-refractivity contribution < 1.29 is 19.2 Å². The standard InChI is InChI=1S/C47H50Cl2N4O4/c1-2-29-24-41(29)53-45(57)47(35-16-20-40(21-17-35)51-43(55)31-9-7-11-37(49)23-31)27-33(28-47)32-25-46(26-32,44(56)52-38-12-4-3-5-13-38)34-14-18-39(19-15-34)50-42(54)30-8-6-10-36(48)22-30/h6-11,14-23,29,32-33,38,41H,2-5,12-13,24-28H2,1H3,(H,50,54)(H,51,55)(H,52,56)(H,53,57). The van der Waals surface area contributed by atoms with Crippen molar-refractivity contribution in [3.05, 3.63) is 129 Å². The van der Waals surface area contributed by atoms with Crippen molar-refractivity contribution in [3.63, 3.8) is 0 Å². The first-order valence-electron chi connectivity index (χ1n) is 20.5. The summed E-state index contributed by atoms with van der Waals surface area (Å²) in [6, 6.07) is 29.5. The molecule has 4 amide bonds. The van der Waals surface area contributed by atoms with Crippen LogP contribution in [0.4, 0.5) is 11.4 Å². The second-order valence-electron chi connectivity index (χ2n) is 16.9. The fraction of sp³-hybridized carbons (Fsp3) is 0.404. The van der Waals surface area contributed by atoms with Gasteiger partial charge in [-0.1, -0.05) is 92.2 Å². The predicted molar refractivity (Wildman–Crippen MR) is 226 cm³/mol. The van der Waals surface area contributed by atoms with E-state index in [4.69, 9.17) is 23.2 Å². The molecule has 0 radical (unpaired) electrons. The zero-order valence-electron chi connectivity index (χ0n) is 32.3. The smallest absolute Gasteiger partial charge is 0.255 e. The molecule has 4 saturated carbocycles. The number of hydrogen-bond acceptors (Lipinski definition) is 4. The number of nitrogens with one attached hydrogen (secondary N) is 4. The fourth-order valence-corrected chi connectivity index (χ4v) is 9.99. The lowest BCUT2D eigenvalue weighted by molar-refractivity contribution is -0.141. The molecule has 4 aromatic carbocycles. The first kappa shape index (κ1) is 39.2. The molecule has 4 aromatic rings. The summed E-state index contributed by atoms with van der Waals surface area (Å²) < 4.78 is 0. The second kappa shape index (κ2) is 16.3. The Hall–Kier alpha value is -4.66. The van der Waals surface area contributed by atoms with Gasteiger partial charge in [0.2, 0.25) is 11.8 Å². The molecule has 57 heavy (non-hydrogen) atoms. The van der Waals surface area contributed by atoms with E-state index >= 15 is 0 Å². The minimum absolute atomic E-state index is 0.0754. The average molecular weight is 806 g/mol. The van der Waals surface area contributed by atoms with E-state index in [-0.39, 0.29) is 47.5 Å². The normalized spacial score (nSPS) is 26.6. The molecular formula is C47H50Cl2N4O4. The highest BCUT2D eigenvalue weighted by atomic mass is 35.5. The summed E-state index contributed by atoms with van der Waals surface area (Å²) in [4.78, 5) is 54.4. The Balaban J connectivity index is 0.985. The zero-order valence-corrected chi connectivity index (χ0v) is 33.8. The molecule has 2 atom stereocenters. The van der Waals surface area contributed by atoms with Crippen LogP contribution in [0.3, 0.4) is 0 Å². The first-order chi connectivity index (χ1) is 27.5. The molecule has 0 aliphatic heterocycles. The lowest BCUT2D eigenvalue weighted by atomic mass is 9.46. The largest absolute Gasteiger partial charge is 0.353 e. The molecule has 0 spiro atoms. The fourth-order valence-electron chi connectivity index (χ4n) is 9.61. The Morgan fingerprint density at radius 2 is 1.07 bits per heavy atom. The predicted octanol–water partition coefficient (Wildman–Crippen LogP) is 9.86. The molecular weight excluding hydrogens is 755 g/mol. The van der Waals surface area contributed by atoms with Crippen LogP contribution in [0, 0.1) is 17.8 Å². The molecule has 0 aromatic heterocycles. The van der Waals surface area contributed by atoms with Gasteiger partial charge in [-0.3, -0.25) is 19.2 Å². The van der Waals surface area contributed by atoms with Gasteiger partial charge in [0.25, 0.3) is 11.8 Å². The third-order valence-electron chi connectivity index (χ3n) is 13.2. The van der Waals surface area contributed by atoms with E-state index < -0.39 is 10.8 Å². The summed E-state index contributed by atoms with van der Waals surface area (Å²) in [6.07, 6.45) is 10.3. The van der Waals surface area contributed by atoms with E-state index in [1.54, 1.807) is 48.5 Å². The van der Waals surface area contributed by atoms with E-state index in [9.17, 15) is 19.2 Å². The Kier molecular flexibility index (Phi) is 11.2. The van der Waals surface area contributed by atoms with E-state index in [1.165, 1.54) is 6.42 Å². The van der Waals surface area contributed by atoms with Crippen molar-refractivity contribution in [2.24, 2.45) is 17.8 Å². The number of carbonyl (C=O) groups excluding carboxylic acids is 4. The van der Waals surface area contributed by atoms with Crippen LogP contribution in [0.25, 0.3) is 0 Å². The average Bonchev–Trinajstić information content (AvgIpc) is 3.94. The number of rotatable bonds is 12. The van der Waals surface area contributed by atoms with Gasteiger partial charge in [0.1, 0.15) is 0 Å². The summed E-state index contributed by atoms with van der Waals surface area (Å²) in [5.41, 5.74) is 2.78. The van der Waals surface area contributed by atoms with Crippen molar-refractivity contribution >= 4 is 58.2 Å². The SMILES string of the molecule is CCC1CC1NC(=O)C1(c2ccc(NC(=O)c3cccc(Cl)c3)cc2)CC(C2CC(C(=O)NC3CCCCC3)(c3ccc(NC(=O)c4cccc(Cl)c4)cc3)C2)C1. The molecule has 0 bridgehead atoms. The minimum atomic E-state index is -0.677. The molecule has 2 unspecified atom stereocenters. The maximum Gasteiger partial charge on any atom is 0.255 e. The van der Waals surface area contributed by atoms with E-state index in [2.05, 4.69) is 28.2 Å². The summed E-state index contributed by atoms with van der Waals surface area (Å²) in [7, 11) is 0. The Labute approximate surface area is 344 Å². The first-order valence-corrected chi connectivity index (χ1v) is 21.3. The van der Waals surface area contributed by atoms with E-state index in [0.29, 0.717) is 64.1 Å². The van der Waals surface area contributed by atoms with Crippen LogP contribution in [-0.4, -0.2) is 35.7 Å². The zero-order chi connectivity index (χ0) is 39.7. The topological polar surface area (TPSA) is 116 Å². The molecule has 10 heteroatoms. The van der Waals surface area contributed by atoms with E-state index in [1.807, 2.05) is 48.5 Å². The summed E-state index contributed by atoms with van der Waals surface area (Å²) >= 11 is 12.2. The van der Waals surface area contributed by atoms with Gasteiger partial charge in [-0.25, -0.2) is 0 Å². The van der Waals surface area contributed by atoms with Gasteiger partial charge >= 0.3 is 0 Å². The monoisotopic (exact) mass is 804 g/mol. The third kappa shape index (κ3) is 8.22. The van der Waals surface area contributed by atoms with E-state index in [0.717, 1.165) is 49.7 Å². The third-order valence-corrected chi connectivity index (χ3v) is 13.7. The Morgan fingerprint density at radius 1 is 0.614 bits per heavy atom. The summed E-state index contributed by atoms with van der Waals surface area (Å²) in [5.74, 6) is 0.749. The van der Waals surface area contributed by atoms with Crippen LogP contribution in [0.1, 0.15) is 109 Å². The molecule has 0 heterocycles. The number of hydrogen-bond donors (Lipinski definition) is 4. The number of anilines is 2. The molecule has 4 aliphatic carbocycles. The highest BCUT2D eigenvalue weighted by Gasteiger charge is 2.60. The number of amides is 4. The van der Waals surface area contributed by atoms with Crippen LogP contribution in [0.2, 0.25) is 10.0 Å². The van der Waals surface area contributed by atoms with Crippen LogP contribution in [0.15, 0.2) is 97.1 Å². The van der Waals surface area contributed by atoms with Crippen LogP contribution in [-0.2, 0) is 20.4 Å². The number of benzene rings is 4.